The molecule has 7 nitrogen and oxygen atoms in total. The van der Waals surface area contributed by atoms with Gasteiger partial charge in [-0.1, -0.05) is 0 Å². The van der Waals surface area contributed by atoms with Crippen molar-refractivity contribution in [2.24, 2.45) is 0 Å². The van der Waals surface area contributed by atoms with Crippen molar-refractivity contribution in [1.82, 2.24) is 10.6 Å². The van der Waals surface area contributed by atoms with E-state index in [1.54, 1.807) is 13.2 Å². The topological polar surface area (TPSA) is 111 Å². The molecular formula is C12H19N3O4. The number of amides is 1. The highest BCUT2D eigenvalue weighted by molar-refractivity contribution is 5.97. The minimum atomic E-state index is -0.873. The quantitative estimate of drug-likeness (QED) is 0.292. The number of carboxylic acids is 1. The third-order valence-electron chi connectivity index (χ3n) is 2.13. The molecule has 3 N–H and O–H groups in total. The van der Waals surface area contributed by atoms with E-state index in [0.29, 0.717) is 32.5 Å². The monoisotopic (exact) mass is 269 g/mol. The summed E-state index contributed by atoms with van der Waals surface area (Å²) in [5.41, 5.74) is -0.0345. The highest BCUT2D eigenvalue weighted by atomic mass is 16.5. The van der Waals surface area contributed by atoms with Gasteiger partial charge >= 0.3 is 5.97 Å². The number of hydrogen-bond donors (Lipinski definition) is 3. The van der Waals surface area contributed by atoms with Crippen LogP contribution < -0.4 is 10.6 Å². The maximum Gasteiger partial charge on any atom is 0.303 e. The molecule has 0 bridgehead atoms. The molecule has 0 heterocycles. The van der Waals surface area contributed by atoms with Gasteiger partial charge in [0.05, 0.1) is 0 Å². The largest absolute Gasteiger partial charge is 0.481 e. The lowest BCUT2D eigenvalue weighted by molar-refractivity contribution is -0.137. The summed E-state index contributed by atoms with van der Waals surface area (Å²) in [6.45, 7) is 1.37. The van der Waals surface area contributed by atoms with Gasteiger partial charge in [-0.15, -0.1) is 0 Å². The summed E-state index contributed by atoms with van der Waals surface area (Å²) in [7, 11) is 1.57. The van der Waals surface area contributed by atoms with Crippen LogP contribution in [0, 0.1) is 11.3 Å². The Kier molecular flexibility index (Phi) is 9.84. The Morgan fingerprint density at radius 2 is 2.11 bits per heavy atom. The van der Waals surface area contributed by atoms with Crippen LogP contribution in [0.5, 0.6) is 0 Å². The van der Waals surface area contributed by atoms with E-state index in [4.69, 9.17) is 15.1 Å². The zero-order valence-corrected chi connectivity index (χ0v) is 10.9. The van der Waals surface area contributed by atoms with Crippen LogP contribution in [0.1, 0.15) is 19.3 Å². The van der Waals surface area contributed by atoms with Crippen molar-refractivity contribution in [1.29, 1.82) is 5.26 Å². The molecule has 1 amide bonds. The van der Waals surface area contributed by atoms with E-state index in [9.17, 15) is 9.59 Å². The third-order valence-corrected chi connectivity index (χ3v) is 2.13. The number of aliphatic carboxylic acids is 1. The normalized spacial score (nSPS) is 10.6. The van der Waals surface area contributed by atoms with Crippen molar-refractivity contribution in [3.05, 3.63) is 11.8 Å². The maximum atomic E-state index is 11.5. The molecule has 7 heteroatoms. The molecule has 0 atom stereocenters. The van der Waals surface area contributed by atoms with Gasteiger partial charge in [0.25, 0.3) is 5.91 Å². The van der Waals surface area contributed by atoms with Gasteiger partial charge in [-0.3, -0.25) is 9.59 Å². The molecule has 0 saturated carbocycles. The Bertz CT molecular complexity index is 360. The van der Waals surface area contributed by atoms with Gasteiger partial charge in [-0.25, -0.2) is 0 Å². The first-order valence-corrected chi connectivity index (χ1v) is 5.94. The zero-order chi connectivity index (χ0) is 14.5. The Balaban J connectivity index is 3.93. The Morgan fingerprint density at radius 3 is 2.68 bits per heavy atom. The minimum absolute atomic E-state index is 0.0345. The smallest absolute Gasteiger partial charge is 0.303 e. The van der Waals surface area contributed by atoms with E-state index < -0.39 is 11.9 Å². The molecule has 106 valence electrons. The summed E-state index contributed by atoms with van der Waals surface area (Å²) < 4.78 is 4.83. The summed E-state index contributed by atoms with van der Waals surface area (Å²) in [6.07, 6.45) is 2.45. The Morgan fingerprint density at radius 1 is 1.37 bits per heavy atom. The molecular weight excluding hydrogens is 250 g/mol. The van der Waals surface area contributed by atoms with Gasteiger partial charge in [0.2, 0.25) is 0 Å². The van der Waals surface area contributed by atoms with Gasteiger partial charge in [0, 0.05) is 39.4 Å². The second-order valence-electron chi connectivity index (χ2n) is 3.72. The fourth-order valence-electron chi connectivity index (χ4n) is 1.18. The van der Waals surface area contributed by atoms with Crippen LogP contribution in [0.4, 0.5) is 0 Å². The molecule has 0 spiro atoms. The second-order valence-corrected chi connectivity index (χ2v) is 3.72. The summed E-state index contributed by atoms with van der Waals surface area (Å²) in [4.78, 5) is 21.8. The summed E-state index contributed by atoms with van der Waals surface area (Å²) >= 11 is 0. The van der Waals surface area contributed by atoms with Crippen LogP contribution in [0.3, 0.4) is 0 Å². The van der Waals surface area contributed by atoms with Crippen LogP contribution >= 0.6 is 0 Å². The van der Waals surface area contributed by atoms with E-state index in [1.165, 1.54) is 6.20 Å². The number of nitrogens with one attached hydrogen (secondary N) is 2. The highest BCUT2D eigenvalue weighted by Crippen LogP contribution is 1.92. The van der Waals surface area contributed by atoms with Gasteiger partial charge in [0.1, 0.15) is 11.6 Å². The third kappa shape index (κ3) is 9.62. The van der Waals surface area contributed by atoms with Crippen molar-refractivity contribution < 1.29 is 19.4 Å². The van der Waals surface area contributed by atoms with Gasteiger partial charge in [0.15, 0.2) is 0 Å². The standard InChI is InChI=1S/C12H19N3O4/c1-19-7-3-6-15-12(18)10(8-13)9-14-5-2-4-11(16)17/h9,14H,2-7H2,1H3,(H,15,18)(H,16,17)/b10-9-. The number of hydrogen-bond acceptors (Lipinski definition) is 5. The minimum Gasteiger partial charge on any atom is -0.481 e. The first-order valence-electron chi connectivity index (χ1n) is 5.94. The average molecular weight is 269 g/mol. The van der Waals surface area contributed by atoms with E-state index in [1.807, 2.05) is 0 Å². The SMILES string of the molecule is COCCCNC(=O)/C(C#N)=C\NCCCC(=O)O. The fraction of sp³-hybridized carbons (Fsp3) is 0.583. The first kappa shape index (κ1) is 16.9. The van der Waals surface area contributed by atoms with E-state index in [0.717, 1.165) is 0 Å². The van der Waals surface area contributed by atoms with Crippen molar-refractivity contribution in [3.8, 4) is 6.07 Å². The number of methoxy groups -OCH3 is 1. The predicted molar refractivity (Wildman–Crippen MR) is 68.1 cm³/mol. The second kappa shape index (κ2) is 11.0. The molecule has 0 unspecified atom stereocenters. The van der Waals surface area contributed by atoms with Gasteiger partial charge in [-0.2, -0.15) is 5.26 Å². The van der Waals surface area contributed by atoms with Crippen LogP contribution in [-0.2, 0) is 14.3 Å². The zero-order valence-electron chi connectivity index (χ0n) is 10.9. The fourth-order valence-corrected chi connectivity index (χ4v) is 1.18. The first-order chi connectivity index (χ1) is 9.11. The lowest BCUT2D eigenvalue weighted by Crippen LogP contribution is -2.27. The molecule has 0 aliphatic carbocycles. The molecule has 0 aromatic carbocycles. The highest BCUT2D eigenvalue weighted by Gasteiger charge is 2.07. The maximum absolute atomic E-state index is 11.5. The van der Waals surface area contributed by atoms with E-state index >= 15 is 0 Å². The number of rotatable bonds is 10. The molecule has 0 radical (unpaired) electrons. The lowest BCUT2D eigenvalue weighted by Gasteiger charge is -2.04. The molecule has 0 saturated heterocycles. The number of carbonyl (C=O) groups excluding carboxylic acids is 1. The summed E-state index contributed by atoms with van der Waals surface area (Å²) in [6, 6.07) is 1.78. The lowest BCUT2D eigenvalue weighted by atomic mass is 10.2. The number of nitriles is 1. The average Bonchev–Trinajstić information content (AvgIpc) is 2.38. The van der Waals surface area contributed by atoms with E-state index in [2.05, 4.69) is 10.6 Å². The molecule has 0 aliphatic heterocycles. The molecule has 0 aliphatic rings. The molecule has 0 aromatic rings. The van der Waals surface area contributed by atoms with Crippen molar-refractivity contribution in [3.63, 3.8) is 0 Å². The van der Waals surface area contributed by atoms with Crippen LogP contribution in [0.15, 0.2) is 11.8 Å². The number of nitrogens with zero attached hydrogens (tertiary/aromatic N) is 1. The number of carbonyl (C=O) groups is 2. The Hall–Kier alpha value is -2.07. The van der Waals surface area contributed by atoms with Crippen LogP contribution in [-0.4, -0.2) is 43.8 Å². The molecule has 0 rings (SSSR count). The van der Waals surface area contributed by atoms with E-state index in [-0.39, 0.29) is 12.0 Å². The van der Waals surface area contributed by atoms with Crippen molar-refractivity contribution in [2.75, 3.05) is 26.8 Å². The van der Waals surface area contributed by atoms with Crippen molar-refractivity contribution in [2.45, 2.75) is 19.3 Å². The van der Waals surface area contributed by atoms with Crippen LogP contribution in [0.2, 0.25) is 0 Å². The summed E-state index contributed by atoms with van der Waals surface area (Å²) in [5, 5.41) is 22.6. The summed E-state index contributed by atoms with van der Waals surface area (Å²) in [5.74, 6) is -1.33. The molecule has 0 aromatic heterocycles. The Labute approximate surface area is 112 Å². The predicted octanol–water partition coefficient (Wildman–Crippen LogP) is 0.000980. The van der Waals surface area contributed by atoms with Gasteiger partial charge < -0.3 is 20.5 Å². The molecule has 0 fully saturated rings. The number of ether oxygens (including phenoxy) is 1. The molecule has 19 heavy (non-hydrogen) atoms. The number of carboxylic acid groups (broad SMARTS) is 1. The van der Waals surface area contributed by atoms with Crippen molar-refractivity contribution >= 4 is 11.9 Å². The van der Waals surface area contributed by atoms with Crippen LogP contribution in [0.25, 0.3) is 0 Å². The van der Waals surface area contributed by atoms with Gasteiger partial charge in [-0.05, 0) is 12.8 Å².